The number of carbonyl (C=O) groups excluding carboxylic acids is 1. The van der Waals surface area contributed by atoms with Crippen LogP contribution in [-0.2, 0) is 4.79 Å². The zero-order valence-corrected chi connectivity index (χ0v) is 10.8. The van der Waals surface area contributed by atoms with E-state index in [1.165, 1.54) is 0 Å². The van der Waals surface area contributed by atoms with Crippen molar-refractivity contribution in [2.75, 3.05) is 19.6 Å². The molecule has 108 valence electrons. The Bertz CT molecular complexity index is 359. The number of amides is 1. The van der Waals surface area contributed by atoms with Gasteiger partial charge in [0.2, 0.25) is 5.91 Å². The molecule has 0 radical (unpaired) electrons. The van der Waals surface area contributed by atoms with Crippen LogP contribution in [0.5, 0.6) is 0 Å². The van der Waals surface area contributed by atoms with Crippen LogP contribution in [0.3, 0.4) is 0 Å². The zero-order valence-electron chi connectivity index (χ0n) is 10.8. The predicted molar refractivity (Wildman–Crippen MR) is 63.5 cm³/mol. The quantitative estimate of drug-likeness (QED) is 0.770. The van der Waals surface area contributed by atoms with Crippen LogP contribution < -0.4 is 0 Å². The Hall–Kier alpha value is -0.780. The highest BCUT2D eigenvalue weighted by Crippen LogP contribution is 2.37. The van der Waals surface area contributed by atoms with Crippen LogP contribution >= 0.6 is 0 Å². The summed E-state index contributed by atoms with van der Waals surface area (Å²) in [5.41, 5.74) is 0. The van der Waals surface area contributed by atoms with Gasteiger partial charge in [0.1, 0.15) is 0 Å². The molecule has 6 heteroatoms. The Labute approximate surface area is 110 Å². The van der Waals surface area contributed by atoms with Crippen molar-refractivity contribution in [3.05, 3.63) is 0 Å². The molecule has 3 fully saturated rings. The molecule has 0 aromatic rings. The first-order valence-electron chi connectivity index (χ1n) is 7.08. The molecule has 1 atom stereocenters. The summed E-state index contributed by atoms with van der Waals surface area (Å²) in [6.45, 7) is 1.59. The third-order valence-electron chi connectivity index (χ3n) is 4.63. The molecule has 2 heterocycles. The van der Waals surface area contributed by atoms with E-state index in [1.54, 1.807) is 0 Å². The summed E-state index contributed by atoms with van der Waals surface area (Å²) >= 11 is 0. The monoisotopic (exact) mass is 276 g/mol. The van der Waals surface area contributed by atoms with Crippen LogP contribution in [0.15, 0.2) is 0 Å². The van der Waals surface area contributed by atoms with Gasteiger partial charge >= 0.3 is 6.18 Å². The molecule has 3 aliphatic rings. The van der Waals surface area contributed by atoms with Crippen LogP contribution in [0.4, 0.5) is 13.2 Å². The molecule has 0 bridgehead atoms. The van der Waals surface area contributed by atoms with Crippen molar-refractivity contribution in [3.8, 4) is 0 Å². The second-order valence-electron chi connectivity index (χ2n) is 5.92. The van der Waals surface area contributed by atoms with Gasteiger partial charge in [-0.3, -0.25) is 9.69 Å². The SMILES string of the molecule is O=C1C(N2CCC(C(F)(F)F)CC2)CCN1C1CC1. The number of nitrogens with zero attached hydrogens (tertiary/aromatic N) is 2. The van der Waals surface area contributed by atoms with Crippen LogP contribution in [0.25, 0.3) is 0 Å². The third kappa shape index (κ3) is 2.59. The molecule has 0 aromatic heterocycles. The maximum atomic E-state index is 12.6. The van der Waals surface area contributed by atoms with Gasteiger partial charge in [-0.15, -0.1) is 0 Å². The minimum atomic E-state index is -4.08. The van der Waals surface area contributed by atoms with Crippen molar-refractivity contribution in [3.63, 3.8) is 0 Å². The Morgan fingerprint density at radius 3 is 2.11 bits per heavy atom. The molecule has 3 nitrogen and oxygen atoms in total. The lowest BCUT2D eigenvalue weighted by atomic mass is 9.95. The molecule has 2 aliphatic heterocycles. The molecule has 1 amide bonds. The van der Waals surface area contributed by atoms with E-state index in [2.05, 4.69) is 0 Å². The van der Waals surface area contributed by atoms with Gasteiger partial charge in [-0.2, -0.15) is 13.2 Å². The highest BCUT2D eigenvalue weighted by molar-refractivity contribution is 5.84. The number of piperidine rings is 1. The van der Waals surface area contributed by atoms with E-state index in [1.807, 2.05) is 9.80 Å². The van der Waals surface area contributed by atoms with E-state index in [0.717, 1.165) is 25.8 Å². The fourth-order valence-electron chi connectivity index (χ4n) is 3.31. The van der Waals surface area contributed by atoms with Gasteiger partial charge in [-0.1, -0.05) is 0 Å². The molecular formula is C13H19F3N2O. The number of hydrogen-bond donors (Lipinski definition) is 0. The average Bonchev–Trinajstić information content (AvgIpc) is 3.12. The predicted octanol–water partition coefficient (Wildman–Crippen LogP) is 2.02. The van der Waals surface area contributed by atoms with Crippen molar-refractivity contribution in [2.24, 2.45) is 5.92 Å². The van der Waals surface area contributed by atoms with Crippen molar-refractivity contribution < 1.29 is 18.0 Å². The number of likely N-dealkylation sites (tertiary alicyclic amines) is 2. The first-order chi connectivity index (χ1) is 8.97. The Balaban J connectivity index is 1.56. The van der Waals surface area contributed by atoms with Gasteiger partial charge in [-0.05, 0) is 45.2 Å². The highest BCUT2D eigenvalue weighted by atomic mass is 19.4. The molecule has 0 aromatic carbocycles. The first kappa shape index (κ1) is 13.2. The second kappa shape index (κ2) is 4.65. The smallest absolute Gasteiger partial charge is 0.338 e. The lowest BCUT2D eigenvalue weighted by Crippen LogP contribution is -2.47. The van der Waals surface area contributed by atoms with Gasteiger partial charge in [-0.25, -0.2) is 0 Å². The van der Waals surface area contributed by atoms with Gasteiger partial charge in [0.15, 0.2) is 0 Å². The van der Waals surface area contributed by atoms with Gasteiger partial charge in [0.25, 0.3) is 0 Å². The molecule has 19 heavy (non-hydrogen) atoms. The molecule has 0 spiro atoms. The fourth-order valence-corrected chi connectivity index (χ4v) is 3.31. The van der Waals surface area contributed by atoms with Crippen LogP contribution in [0.1, 0.15) is 32.1 Å². The fraction of sp³-hybridized carbons (Fsp3) is 0.923. The van der Waals surface area contributed by atoms with Crippen molar-refractivity contribution in [1.29, 1.82) is 0 Å². The molecule has 3 rings (SSSR count). The number of halogens is 3. The van der Waals surface area contributed by atoms with Gasteiger partial charge < -0.3 is 4.90 Å². The lowest BCUT2D eigenvalue weighted by Gasteiger charge is -2.35. The van der Waals surface area contributed by atoms with Crippen LogP contribution in [-0.4, -0.2) is 53.6 Å². The summed E-state index contributed by atoms with van der Waals surface area (Å²) in [5, 5.41) is 0. The van der Waals surface area contributed by atoms with Crippen molar-refractivity contribution in [1.82, 2.24) is 9.80 Å². The van der Waals surface area contributed by atoms with Gasteiger partial charge in [0, 0.05) is 12.6 Å². The lowest BCUT2D eigenvalue weighted by molar-refractivity contribution is -0.186. The Morgan fingerprint density at radius 1 is 0.947 bits per heavy atom. The van der Waals surface area contributed by atoms with E-state index in [9.17, 15) is 18.0 Å². The summed E-state index contributed by atoms with van der Waals surface area (Å²) in [6, 6.07) is 0.264. The van der Waals surface area contributed by atoms with E-state index in [0.29, 0.717) is 19.1 Å². The minimum Gasteiger partial charge on any atom is -0.338 e. The highest BCUT2D eigenvalue weighted by Gasteiger charge is 2.46. The van der Waals surface area contributed by atoms with Crippen LogP contribution in [0, 0.1) is 5.92 Å². The third-order valence-corrected chi connectivity index (χ3v) is 4.63. The minimum absolute atomic E-state index is 0.136. The maximum absolute atomic E-state index is 12.6. The first-order valence-corrected chi connectivity index (χ1v) is 7.08. The topological polar surface area (TPSA) is 23.6 Å². The van der Waals surface area contributed by atoms with Gasteiger partial charge in [0.05, 0.1) is 12.0 Å². The Morgan fingerprint density at radius 2 is 1.58 bits per heavy atom. The standard InChI is InChI=1S/C13H19F3N2O/c14-13(15,16)9-3-6-17(7-4-9)11-5-8-18(12(11)19)10-1-2-10/h9-11H,1-8H2. The number of rotatable bonds is 2. The van der Waals surface area contributed by atoms with Crippen molar-refractivity contribution in [2.45, 2.75) is 50.4 Å². The largest absolute Gasteiger partial charge is 0.391 e. The number of alkyl halides is 3. The second-order valence-corrected chi connectivity index (χ2v) is 5.92. The molecule has 2 saturated heterocycles. The number of carbonyl (C=O) groups is 1. The summed E-state index contributed by atoms with van der Waals surface area (Å²) in [7, 11) is 0. The van der Waals surface area contributed by atoms with E-state index in [-0.39, 0.29) is 24.8 Å². The maximum Gasteiger partial charge on any atom is 0.391 e. The molecule has 1 aliphatic carbocycles. The average molecular weight is 276 g/mol. The molecule has 1 saturated carbocycles. The molecular weight excluding hydrogens is 257 g/mol. The van der Waals surface area contributed by atoms with Crippen LogP contribution in [0.2, 0.25) is 0 Å². The molecule has 1 unspecified atom stereocenters. The summed E-state index contributed by atoms with van der Waals surface area (Å²) in [6.07, 6.45) is -0.839. The summed E-state index contributed by atoms with van der Waals surface area (Å²) in [5.74, 6) is -1.03. The van der Waals surface area contributed by atoms with E-state index >= 15 is 0 Å². The zero-order chi connectivity index (χ0) is 13.6. The summed E-state index contributed by atoms with van der Waals surface area (Å²) in [4.78, 5) is 16.1. The van der Waals surface area contributed by atoms with E-state index < -0.39 is 12.1 Å². The summed E-state index contributed by atoms with van der Waals surface area (Å²) < 4.78 is 37.8. The van der Waals surface area contributed by atoms with Crippen molar-refractivity contribution >= 4 is 5.91 Å². The number of hydrogen-bond acceptors (Lipinski definition) is 2. The van der Waals surface area contributed by atoms with E-state index in [4.69, 9.17) is 0 Å². The normalized spacial score (nSPS) is 31.2. The Kier molecular flexibility index (Phi) is 3.23. The molecule has 0 N–H and O–H groups in total.